The van der Waals surface area contributed by atoms with Crippen molar-refractivity contribution in [2.24, 2.45) is 0 Å². The molecular formula is C9H17Cl5O2SiZn. The van der Waals surface area contributed by atoms with E-state index in [1.165, 1.54) is 0 Å². The van der Waals surface area contributed by atoms with Crippen molar-refractivity contribution < 1.29 is 24.7 Å². The van der Waals surface area contributed by atoms with E-state index in [1.807, 2.05) is 0 Å². The van der Waals surface area contributed by atoms with Crippen LogP contribution in [0.15, 0.2) is 0 Å². The van der Waals surface area contributed by atoms with Gasteiger partial charge in [0.15, 0.2) is 0 Å². The van der Waals surface area contributed by atoms with Crippen LogP contribution in [0.1, 0.15) is 20.8 Å². The molecule has 0 saturated heterocycles. The van der Waals surface area contributed by atoms with Crippen LogP contribution in [0.3, 0.4) is 0 Å². The predicted octanol–water partition coefficient (Wildman–Crippen LogP) is 5.48. The van der Waals surface area contributed by atoms with Gasteiger partial charge in [0, 0.05) is 0 Å². The van der Waals surface area contributed by atoms with Crippen LogP contribution < -0.4 is 0 Å². The van der Waals surface area contributed by atoms with Gasteiger partial charge in [0.1, 0.15) is 0 Å². The van der Waals surface area contributed by atoms with Crippen LogP contribution in [-0.4, -0.2) is 23.1 Å². The molecule has 0 saturated carbocycles. The normalized spacial score (nSPS) is 13.6. The summed E-state index contributed by atoms with van der Waals surface area (Å²) in [5, 5.41) is 0. The average molecular weight is 428 g/mol. The van der Waals surface area contributed by atoms with Crippen LogP contribution in [0.4, 0.5) is 0 Å². The maximum absolute atomic E-state index is 6.04. The summed E-state index contributed by atoms with van der Waals surface area (Å²) < 4.78 is 8.20. The molecule has 0 aliphatic carbocycles. The molecule has 106 valence electrons. The Labute approximate surface area is 143 Å². The molecule has 0 fully saturated rings. The summed E-state index contributed by atoms with van der Waals surface area (Å²) in [4.78, 5) is 0. The zero-order valence-corrected chi connectivity index (χ0v) is 18.5. The molecule has 2 nitrogen and oxygen atoms in total. The Morgan fingerprint density at radius 3 is 1.72 bits per heavy atom. The Morgan fingerprint density at radius 2 is 1.39 bits per heavy atom. The van der Waals surface area contributed by atoms with Gasteiger partial charge < -0.3 is 0 Å². The van der Waals surface area contributed by atoms with E-state index in [4.69, 9.17) is 64.8 Å². The minimum atomic E-state index is -1.77. The van der Waals surface area contributed by atoms with Gasteiger partial charge in [-0.1, -0.05) is 0 Å². The van der Waals surface area contributed by atoms with Gasteiger partial charge >= 0.3 is 145 Å². The van der Waals surface area contributed by atoms with E-state index < -0.39 is 34.3 Å². The molecule has 0 radical (unpaired) electrons. The molecule has 0 aliphatic rings. The molecule has 0 atom stereocenters. The van der Waals surface area contributed by atoms with Crippen LogP contribution in [0.5, 0.6) is 0 Å². The topological polar surface area (TPSA) is 18.5 Å². The first-order valence-corrected chi connectivity index (χ1v) is 12.6. The standard InChI is InChI=1S/C6H15OSi.C3H2Cl5O.Zn/c1-4-8(7,5-2)6-3;4-2(5,1-9)3(6,7)8;/h4-6H2,1-3H3;1H2;/q2*-1;+2. The van der Waals surface area contributed by atoms with Crippen LogP contribution in [0, 0.1) is 0 Å². The summed E-state index contributed by atoms with van der Waals surface area (Å²) in [6.45, 7) is 6.47. The molecule has 0 spiro atoms. The summed E-state index contributed by atoms with van der Waals surface area (Å²) in [6, 6.07) is 3.27. The van der Waals surface area contributed by atoms with E-state index in [1.54, 1.807) is 0 Å². The Kier molecular flexibility index (Phi) is 9.66. The number of hydrogen-bond acceptors (Lipinski definition) is 2. The van der Waals surface area contributed by atoms with Gasteiger partial charge in [-0.3, -0.25) is 0 Å². The van der Waals surface area contributed by atoms with Gasteiger partial charge in [-0.05, 0) is 0 Å². The fourth-order valence-electron chi connectivity index (χ4n) is 1.47. The second-order valence-corrected chi connectivity index (χ2v) is 15.8. The molecule has 0 unspecified atom stereocenters. The van der Waals surface area contributed by atoms with Crippen molar-refractivity contribution in [1.82, 2.24) is 0 Å². The Bertz CT molecular complexity index is 233. The predicted molar refractivity (Wildman–Crippen MR) is 79.0 cm³/mol. The van der Waals surface area contributed by atoms with Crippen molar-refractivity contribution in [2.75, 3.05) is 6.61 Å². The van der Waals surface area contributed by atoms with E-state index in [0.717, 1.165) is 18.1 Å². The van der Waals surface area contributed by atoms with Crippen LogP contribution in [-0.2, 0) is 24.7 Å². The fraction of sp³-hybridized carbons (Fsp3) is 1.00. The molecule has 0 heterocycles. The number of halogens is 5. The van der Waals surface area contributed by atoms with Gasteiger partial charge in [-0.25, -0.2) is 0 Å². The van der Waals surface area contributed by atoms with E-state index in [-0.39, 0.29) is 6.61 Å². The van der Waals surface area contributed by atoms with Crippen molar-refractivity contribution >= 4 is 66.3 Å². The molecule has 9 heteroatoms. The summed E-state index contributed by atoms with van der Waals surface area (Å²) in [7, 11) is -1.59. The number of rotatable bonds is 8. The van der Waals surface area contributed by atoms with Crippen LogP contribution in [0.25, 0.3) is 0 Å². The molecule has 0 bridgehead atoms. The van der Waals surface area contributed by atoms with Crippen molar-refractivity contribution in [3.8, 4) is 0 Å². The monoisotopic (exact) mass is 424 g/mol. The number of alkyl halides is 5. The summed E-state index contributed by atoms with van der Waals surface area (Å²) in [5.74, 6) is 0. The summed E-state index contributed by atoms with van der Waals surface area (Å²) in [6.07, 6.45) is 0. The van der Waals surface area contributed by atoms with Gasteiger partial charge in [-0.15, -0.1) is 0 Å². The SMILES string of the molecule is CC[Si](CC)(CC)[O][Zn][O]CC(Cl)(Cl)C(Cl)(Cl)Cl. The van der Waals surface area contributed by atoms with Gasteiger partial charge in [0.25, 0.3) is 0 Å². The van der Waals surface area contributed by atoms with Gasteiger partial charge in [-0.2, -0.15) is 0 Å². The Hall–Kier alpha value is 2.21. The molecule has 0 aromatic heterocycles. The summed E-state index contributed by atoms with van der Waals surface area (Å²) in [5.41, 5.74) is 0. The van der Waals surface area contributed by atoms with Crippen molar-refractivity contribution in [3.63, 3.8) is 0 Å². The second-order valence-electron chi connectivity index (χ2n) is 4.06. The molecule has 0 N–H and O–H groups in total. The average Bonchev–Trinajstić information content (AvgIpc) is 2.29. The second kappa shape index (κ2) is 8.60. The van der Waals surface area contributed by atoms with E-state index in [2.05, 4.69) is 20.8 Å². The van der Waals surface area contributed by atoms with E-state index in [0.29, 0.717) is 0 Å². The molecule has 0 aromatic rings. The Morgan fingerprint density at radius 1 is 0.944 bits per heavy atom. The first-order chi connectivity index (χ1) is 8.14. The van der Waals surface area contributed by atoms with Crippen molar-refractivity contribution in [3.05, 3.63) is 0 Å². The van der Waals surface area contributed by atoms with Crippen LogP contribution in [0.2, 0.25) is 18.1 Å². The quantitative estimate of drug-likeness (QED) is 0.290. The van der Waals surface area contributed by atoms with Crippen LogP contribution >= 0.6 is 58.0 Å². The third kappa shape index (κ3) is 6.32. The first kappa shape index (κ1) is 20.2. The molecular weight excluding hydrogens is 411 g/mol. The molecule has 18 heavy (non-hydrogen) atoms. The maximum atomic E-state index is 6.04. The first-order valence-electron chi connectivity index (χ1n) is 5.80. The third-order valence-electron chi connectivity index (χ3n) is 3.08. The fourth-order valence-corrected chi connectivity index (χ4v) is 11.6. The van der Waals surface area contributed by atoms with Gasteiger partial charge in [0.2, 0.25) is 0 Å². The third-order valence-corrected chi connectivity index (χ3v) is 15.4. The minimum absolute atomic E-state index is 0.0196. The molecule has 0 aromatic carbocycles. The zero-order valence-electron chi connectivity index (χ0n) is 10.7. The molecule has 0 aliphatic heterocycles. The Balaban J connectivity index is 4.14. The molecule has 0 amide bonds. The van der Waals surface area contributed by atoms with Crippen molar-refractivity contribution in [2.45, 2.75) is 47.0 Å². The molecule has 0 rings (SSSR count). The summed E-state index contributed by atoms with van der Waals surface area (Å²) >= 11 is 27.1. The van der Waals surface area contributed by atoms with E-state index in [9.17, 15) is 0 Å². The number of hydrogen-bond donors (Lipinski definition) is 0. The van der Waals surface area contributed by atoms with Crippen molar-refractivity contribution in [1.29, 1.82) is 0 Å². The van der Waals surface area contributed by atoms with E-state index >= 15 is 0 Å². The van der Waals surface area contributed by atoms with Gasteiger partial charge in [0.05, 0.1) is 0 Å². The zero-order chi connectivity index (χ0) is 14.4.